The molecule has 2 rings (SSSR count). The Hall–Kier alpha value is -1.95. The van der Waals surface area contributed by atoms with Gasteiger partial charge < -0.3 is 9.72 Å². The Kier molecular flexibility index (Phi) is 2.34. The third-order valence-corrected chi connectivity index (χ3v) is 2.58. The van der Waals surface area contributed by atoms with Crippen LogP contribution in [-0.4, -0.2) is 12.1 Å². The number of hydrogen-bond acceptors (Lipinski definition) is 2. The average Bonchev–Trinajstić information content (AvgIpc) is 2.70. The molecule has 1 aromatic heterocycles. The second-order valence-corrected chi connectivity index (χ2v) is 3.51. The summed E-state index contributed by atoms with van der Waals surface area (Å²) < 4.78 is 5.16. The summed E-state index contributed by atoms with van der Waals surface area (Å²) in [7, 11) is 1.64. The lowest BCUT2D eigenvalue weighted by Crippen LogP contribution is -1.87. The van der Waals surface area contributed by atoms with Crippen molar-refractivity contribution in [2.45, 2.75) is 12.8 Å². The van der Waals surface area contributed by atoms with E-state index in [1.54, 1.807) is 7.11 Å². The first kappa shape index (κ1) is 9.60. The first-order valence-corrected chi connectivity index (χ1v) is 4.81. The van der Waals surface area contributed by atoms with Gasteiger partial charge in [-0.15, -0.1) is 0 Å². The van der Waals surface area contributed by atoms with E-state index in [9.17, 15) is 0 Å². The van der Waals surface area contributed by atoms with Crippen LogP contribution in [0.5, 0.6) is 5.75 Å². The molecule has 0 aliphatic heterocycles. The summed E-state index contributed by atoms with van der Waals surface area (Å²) in [6.45, 7) is 1.89. The molecule has 0 spiro atoms. The Morgan fingerprint density at radius 3 is 2.93 bits per heavy atom. The lowest BCUT2D eigenvalue weighted by Gasteiger charge is -2.02. The lowest BCUT2D eigenvalue weighted by molar-refractivity contribution is 0.415. The van der Waals surface area contributed by atoms with E-state index in [0.717, 1.165) is 22.2 Å². The van der Waals surface area contributed by atoms with Crippen LogP contribution in [0.25, 0.3) is 10.9 Å². The van der Waals surface area contributed by atoms with Crippen molar-refractivity contribution in [2.24, 2.45) is 0 Å². The quantitative estimate of drug-likeness (QED) is 0.810. The van der Waals surface area contributed by atoms with Crippen molar-refractivity contribution in [1.82, 2.24) is 4.98 Å². The minimum absolute atomic E-state index is 0.106. The van der Waals surface area contributed by atoms with Gasteiger partial charge in [-0.05, 0) is 30.7 Å². The SMILES string of the molecule is COc1ccc2[nH]cc(C(C)C#N)c2c1. The third kappa shape index (κ3) is 1.55. The molecule has 3 nitrogen and oxygen atoms in total. The number of nitriles is 1. The van der Waals surface area contributed by atoms with Gasteiger partial charge in [0.05, 0.1) is 19.1 Å². The topological polar surface area (TPSA) is 48.8 Å². The fourth-order valence-electron chi connectivity index (χ4n) is 1.68. The second kappa shape index (κ2) is 3.66. The Morgan fingerprint density at radius 2 is 2.27 bits per heavy atom. The summed E-state index contributed by atoms with van der Waals surface area (Å²) in [6.07, 6.45) is 1.89. The number of hydrogen-bond donors (Lipinski definition) is 1. The number of nitrogens with one attached hydrogen (secondary N) is 1. The monoisotopic (exact) mass is 200 g/mol. The molecule has 1 heterocycles. The molecule has 1 N–H and O–H groups in total. The highest BCUT2D eigenvalue weighted by atomic mass is 16.5. The minimum atomic E-state index is -0.106. The van der Waals surface area contributed by atoms with E-state index in [-0.39, 0.29) is 5.92 Å². The molecule has 1 aromatic carbocycles. The summed E-state index contributed by atoms with van der Waals surface area (Å²) in [5, 5.41) is 9.96. The van der Waals surface area contributed by atoms with Crippen molar-refractivity contribution >= 4 is 10.9 Å². The van der Waals surface area contributed by atoms with Crippen LogP contribution >= 0.6 is 0 Å². The van der Waals surface area contributed by atoms with Gasteiger partial charge in [-0.2, -0.15) is 5.26 Å². The molecular weight excluding hydrogens is 188 g/mol. The molecule has 15 heavy (non-hydrogen) atoms. The molecule has 0 aliphatic carbocycles. The van der Waals surface area contributed by atoms with Crippen LogP contribution in [0.15, 0.2) is 24.4 Å². The third-order valence-electron chi connectivity index (χ3n) is 2.58. The maximum absolute atomic E-state index is 8.90. The number of methoxy groups -OCH3 is 1. The number of rotatable bonds is 2. The molecule has 0 bridgehead atoms. The normalized spacial score (nSPS) is 12.3. The fourth-order valence-corrected chi connectivity index (χ4v) is 1.68. The highest BCUT2D eigenvalue weighted by Gasteiger charge is 2.10. The van der Waals surface area contributed by atoms with Crippen LogP contribution in [0.1, 0.15) is 18.4 Å². The maximum Gasteiger partial charge on any atom is 0.119 e. The standard InChI is InChI=1S/C12H12N2O/c1-8(6-13)11-7-14-12-4-3-9(15-2)5-10(11)12/h3-5,7-8,14H,1-2H3. The van der Waals surface area contributed by atoms with Crippen LogP contribution < -0.4 is 4.74 Å². The molecule has 0 aliphatic rings. The predicted octanol–water partition coefficient (Wildman–Crippen LogP) is 2.80. The molecule has 0 saturated carbocycles. The zero-order valence-electron chi connectivity index (χ0n) is 8.74. The molecule has 0 radical (unpaired) electrons. The molecular formula is C12H12N2O. The molecule has 0 fully saturated rings. The highest BCUT2D eigenvalue weighted by molar-refractivity contribution is 5.85. The second-order valence-electron chi connectivity index (χ2n) is 3.51. The van der Waals surface area contributed by atoms with Crippen LogP contribution in [0.4, 0.5) is 0 Å². The van der Waals surface area contributed by atoms with Crippen molar-refractivity contribution < 1.29 is 4.74 Å². The van der Waals surface area contributed by atoms with Gasteiger partial charge in [0.25, 0.3) is 0 Å². The van der Waals surface area contributed by atoms with Crippen LogP contribution in [-0.2, 0) is 0 Å². The number of ether oxygens (including phenoxy) is 1. The van der Waals surface area contributed by atoms with Crippen LogP contribution in [0.2, 0.25) is 0 Å². The van der Waals surface area contributed by atoms with Gasteiger partial charge in [-0.25, -0.2) is 0 Å². The van der Waals surface area contributed by atoms with E-state index in [1.165, 1.54) is 0 Å². The molecule has 1 atom stereocenters. The zero-order chi connectivity index (χ0) is 10.8. The first-order chi connectivity index (χ1) is 7.26. The van der Waals surface area contributed by atoms with Gasteiger partial charge >= 0.3 is 0 Å². The van der Waals surface area contributed by atoms with Gasteiger partial charge in [0.15, 0.2) is 0 Å². The largest absolute Gasteiger partial charge is 0.497 e. The zero-order valence-corrected chi connectivity index (χ0v) is 8.74. The van der Waals surface area contributed by atoms with Crippen molar-refractivity contribution in [3.63, 3.8) is 0 Å². The van der Waals surface area contributed by atoms with Gasteiger partial charge in [0.1, 0.15) is 5.75 Å². The van der Waals surface area contributed by atoms with Gasteiger partial charge in [-0.1, -0.05) is 0 Å². The van der Waals surface area contributed by atoms with E-state index in [4.69, 9.17) is 10.00 Å². The van der Waals surface area contributed by atoms with Crippen molar-refractivity contribution in [1.29, 1.82) is 5.26 Å². The number of nitrogens with zero attached hydrogens (tertiary/aromatic N) is 1. The average molecular weight is 200 g/mol. The Morgan fingerprint density at radius 1 is 1.47 bits per heavy atom. The molecule has 1 unspecified atom stereocenters. The van der Waals surface area contributed by atoms with Gasteiger partial charge in [0, 0.05) is 17.1 Å². The van der Waals surface area contributed by atoms with Crippen molar-refractivity contribution in [2.75, 3.05) is 7.11 Å². The smallest absolute Gasteiger partial charge is 0.119 e. The summed E-state index contributed by atoms with van der Waals surface area (Å²) in [5.74, 6) is 0.708. The summed E-state index contributed by atoms with van der Waals surface area (Å²) >= 11 is 0. The molecule has 0 saturated heterocycles. The molecule has 0 amide bonds. The number of H-pyrrole nitrogens is 1. The van der Waals surface area contributed by atoms with Gasteiger partial charge in [0.2, 0.25) is 0 Å². The van der Waals surface area contributed by atoms with E-state index in [0.29, 0.717) is 0 Å². The molecule has 3 heteroatoms. The number of aromatic amines is 1. The van der Waals surface area contributed by atoms with E-state index in [2.05, 4.69) is 11.1 Å². The molecule has 76 valence electrons. The first-order valence-electron chi connectivity index (χ1n) is 4.81. The highest BCUT2D eigenvalue weighted by Crippen LogP contribution is 2.28. The number of aromatic nitrogens is 1. The summed E-state index contributed by atoms with van der Waals surface area (Å²) in [4.78, 5) is 3.15. The minimum Gasteiger partial charge on any atom is -0.497 e. The summed E-state index contributed by atoms with van der Waals surface area (Å²) in [5.41, 5.74) is 2.05. The lowest BCUT2D eigenvalue weighted by atomic mass is 10.0. The fraction of sp³-hybridized carbons (Fsp3) is 0.250. The summed E-state index contributed by atoms with van der Waals surface area (Å²) in [6, 6.07) is 8.05. The number of fused-ring (bicyclic) bond motifs is 1. The Bertz CT molecular complexity index is 522. The number of benzene rings is 1. The maximum atomic E-state index is 8.90. The van der Waals surface area contributed by atoms with Crippen LogP contribution in [0, 0.1) is 11.3 Å². The van der Waals surface area contributed by atoms with Crippen molar-refractivity contribution in [3.05, 3.63) is 30.0 Å². The van der Waals surface area contributed by atoms with E-state index >= 15 is 0 Å². The Balaban J connectivity index is 2.62. The van der Waals surface area contributed by atoms with E-state index < -0.39 is 0 Å². The predicted molar refractivity (Wildman–Crippen MR) is 58.9 cm³/mol. The van der Waals surface area contributed by atoms with Crippen LogP contribution in [0.3, 0.4) is 0 Å². The molecule has 2 aromatic rings. The van der Waals surface area contributed by atoms with E-state index in [1.807, 2.05) is 31.3 Å². The van der Waals surface area contributed by atoms with Crippen molar-refractivity contribution in [3.8, 4) is 11.8 Å². The Labute approximate surface area is 88.3 Å². The van der Waals surface area contributed by atoms with Gasteiger partial charge in [-0.3, -0.25) is 0 Å².